The fraction of sp³-hybridized carbons (Fsp3) is 0.364. The summed E-state index contributed by atoms with van der Waals surface area (Å²) in [4.78, 5) is 29.4. The molecule has 0 radical (unpaired) electrons. The molecule has 0 unspecified atom stereocenters. The molecule has 0 bridgehead atoms. The van der Waals surface area contributed by atoms with Crippen molar-refractivity contribution in [1.82, 2.24) is 9.80 Å². The first kappa shape index (κ1) is 20.8. The van der Waals surface area contributed by atoms with Crippen molar-refractivity contribution in [1.29, 1.82) is 0 Å². The van der Waals surface area contributed by atoms with Gasteiger partial charge in [0, 0.05) is 18.8 Å². The Morgan fingerprint density at radius 3 is 2.38 bits per heavy atom. The summed E-state index contributed by atoms with van der Waals surface area (Å²) in [5, 5.41) is 2.87. The average Bonchev–Trinajstić information content (AvgIpc) is 2.75. The van der Waals surface area contributed by atoms with Gasteiger partial charge in [-0.3, -0.25) is 14.5 Å². The minimum atomic E-state index is -0.532. The largest absolute Gasteiger partial charge is 0.497 e. The van der Waals surface area contributed by atoms with Gasteiger partial charge in [0.25, 0.3) is 0 Å². The normalized spacial score (nSPS) is 15.1. The molecule has 1 heterocycles. The summed E-state index contributed by atoms with van der Waals surface area (Å²) < 4.78 is 10.5. The van der Waals surface area contributed by atoms with Crippen LogP contribution in [0.15, 0.2) is 54.6 Å². The third kappa shape index (κ3) is 5.56. The Morgan fingerprint density at radius 2 is 1.76 bits per heavy atom. The molecule has 3 rings (SSSR count). The summed E-state index contributed by atoms with van der Waals surface area (Å²) in [6.45, 7) is 2.29. The molecular weight excluding hydrogens is 370 g/mol. The number of benzene rings is 2. The van der Waals surface area contributed by atoms with Gasteiger partial charge in [-0.15, -0.1) is 0 Å². The van der Waals surface area contributed by atoms with Crippen molar-refractivity contribution in [3.05, 3.63) is 60.2 Å². The van der Waals surface area contributed by atoms with Gasteiger partial charge in [-0.25, -0.2) is 0 Å². The van der Waals surface area contributed by atoms with E-state index in [2.05, 4.69) is 5.32 Å². The molecule has 2 amide bonds. The maximum Gasteiger partial charge on any atom is 0.244 e. The standard InChI is InChI=1S/C22H27N3O4/c1-24(16-20(26)23-18-8-10-19(28-2)11-9-18)21(17-6-4-3-5-7-17)22(27)25-12-14-29-15-13-25/h3-11,21H,12-16H2,1-2H3,(H,23,26)/t21-/m1/s1. The molecule has 0 spiro atoms. The van der Waals surface area contributed by atoms with Crippen LogP contribution in [0.1, 0.15) is 11.6 Å². The van der Waals surface area contributed by atoms with Crippen molar-refractivity contribution < 1.29 is 19.1 Å². The van der Waals surface area contributed by atoms with Gasteiger partial charge >= 0.3 is 0 Å². The summed E-state index contributed by atoms with van der Waals surface area (Å²) in [6, 6.07) is 16.2. The SMILES string of the molecule is COc1ccc(NC(=O)CN(C)[C@@H](C(=O)N2CCOCC2)c2ccccc2)cc1. The van der Waals surface area contributed by atoms with Crippen LogP contribution in [0.5, 0.6) is 5.75 Å². The van der Waals surface area contributed by atoms with Crippen LogP contribution >= 0.6 is 0 Å². The zero-order valence-electron chi connectivity index (χ0n) is 16.8. The van der Waals surface area contributed by atoms with E-state index < -0.39 is 6.04 Å². The molecule has 0 saturated carbocycles. The van der Waals surface area contributed by atoms with Gasteiger partial charge < -0.3 is 19.7 Å². The Kier molecular flexibility index (Phi) is 7.21. The van der Waals surface area contributed by atoms with E-state index >= 15 is 0 Å². The average molecular weight is 397 g/mol. The first-order valence-electron chi connectivity index (χ1n) is 9.64. The number of carbonyl (C=O) groups is 2. The molecule has 154 valence electrons. The number of nitrogens with one attached hydrogen (secondary N) is 1. The molecule has 7 heteroatoms. The van der Waals surface area contributed by atoms with E-state index in [0.717, 1.165) is 11.3 Å². The molecule has 2 aromatic rings. The number of methoxy groups -OCH3 is 1. The highest BCUT2D eigenvalue weighted by atomic mass is 16.5. The Balaban J connectivity index is 1.70. The van der Waals surface area contributed by atoms with Crippen molar-refractivity contribution >= 4 is 17.5 Å². The molecule has 0 aromatic heterocycles. The fourth-order valence-electron chi connectivity index (χ4n) is 3.37. The molecule has 1 N–H and O–H groups in total. The number of morpholine rings is 1. The van der Waals surface area contributed by atoms with Crippen LogP contribution in [-0.4, -0.2) is 68.6 Å². The van der Waals surface area contributed by atoms with Gasteiger partial charge in [0.1, 0.15) is 11.8 Å². The number of hydrogen-bond acceptors (Lipinski definition) is 5. The Hall–Kier alpha value is -2.90. The number of nitrogens with zero attached hydrogens (tertiary/aromatic N) is 2. The predicted molar refractivity (Wildman–Crippen MR) is 111 cm³/mol. The highest BCUT2D eigenvalue weighted by molar-refractivity contribution is 5.93. The van der Waals surface area contributed by atoms with Crippen LogP contribution in [0, 0.1) is 0 Å². The Bertz CT molecular complexity index is 805. The molecule has 1 atom stereocenters. The zero-order chi connectivity index (χ0) is 20.6. The Labute approximate surface area is 171 Å². The van der Waals surface area contributed by atoms with Gasteiger partial charge in [-0.2, -0.15) is 0 Å². The number of hydrogen-bond donors (Lipinski definition) is 1. The smallest absolute Gasteiger partial charge is 0.244 e. The molecule has 0 aliphatic carbocycles. The van der Waals surface area contributed by atoms with Crippen molar-refractivity contribution in [2.75, 3.05) is 52.3 Å². The van der Waals surface area contributed by atoms with Gasteiger partial charge in [0.15, 0.2) is 0 Å². The lowest BCUT2D eigenvalue weighted by molar-refractivity contribution is -0.141. The van der Waals surface area contributed by atoms with Crippen molar-refractivity contribution in [3.8, 4) is 5.75 Å². The lowest BCUT2D eigenvalue weighted by Gasteiger charge is -2.34. The summed E-state index contributed by atoms with van der Waals surface area (Å²) in [5.41, 5.74) is 1.55. The highest BCUT2D eigenvalue weighted by Crippen LogP contribution is 2.23. The predicted octanol–water partition coefficient (Wildman–Crippen LogP) is 2.17. The quantitative estimate of drug-likeness (QED) is 0.775. The van der Waals surface area contributed by atoms with Crippen molar-refractivity contribution in [2.45, 2.75) is 6.04 Å². The first-order valence-corrected chi connectivity index (χ1v) is 9.64. The van der Waals surface area contributed by atoms with Gasteiger partial charge in [0.2, 0.25) is 11.8 Å². The number of anilines is 1. The lowest BCUT2D eigenvalue weighted by atomic mass is 10.0. The molecule has 7 nitrogen and oxygen atoms in total. The van der Waals surface area contributed by atoms with E-state index in [-0.39, 0.29) is 18.4 Å². The molecule has 29 heavy (non-hydrogen) atoms. The van der Waals surface area contributed by atoms with Crippen LogP contribution in [0.2, 0.25) is 0 Å². The third-order valence-corrected chi connectivity index (χ3v) is 4.88. The first-order chi connectivity index (χ1) is 14.1. The molecule has 1 saturated heterocycles. The number of rotatable bonds is 7. The molecule has 1 fully saturated rings. The number of amides is 2. The van der Waals surface area contributed by atoms with E-state index in [4.69, 9.17) is 9.47 Å². The topological polar surface area (TPSA) is 71.1 Å². The van der Waals surface area contributed by atoms with Crippen LogP contribution in [0.3, 0.4) is 0 Å². The van der Waals surface area contributed by atoms with Gasteiger partial charge in [-0.05, 0) is 36.9 Å². The van der Waals surface area contributed by atoms with Crippen molar-refractivity contribution in [3.63, 3.8) is 0 Å². The minimum Gasteiger partial charge on any atom is -0.497 e. The van der Waals surface area contributed by atoms with Crippen molar-refractivity contribution in [2.24, 2.45) is 0 Å². The van der Waals surface area contributed by atoms with Crippen LogP contribution in [0.25, 0.3) is 0 Å². The maximum absolute atomic E-state index is 13.2. The van der Waals surface area contributed by atoms with E-state index in [1.165, 1.54) is 0 Å². The van der Waals surface area contributed by atoms with E-state index in [1.807, 2.05) is 30.3 Å². The summed E-state index contributed by atoms with van der Waals surface area (Å²) >= 11 is 0. The maximum atomic E-state index is 13.2. The van der Waals surface area contributed by atoms with E-state index in [9.17, 15) is 9.59 Å². The van der Waals surface area contributed by atoms with Gasteiger partial charge in [-0.1, -0.05) is 30.3 Å². The highest BCUT2D eigenvalue weighted by Gasteiger charge is 2.31. The lowest BCUT2D eigenvalue weighted by Crippen LogP contribution is -2.47. The molecular formula is C22H27N3O4. The van der Waals surface area contributed by atoms with E-state index in [0.29, 0.717) is 32.0 Å². The second-order valence-electron chi connectivity index (χ2n) is 6.94. The molecule has 1 aliphatic rings. The third-order valence-electron chi connectivity index (χ3n) is 4.88. The number of likely N-dealkylation sites (N-methyl/N-ethyl adjacent to an activating group) is 1. The van der Waals surface area contributed by atoms with Crippen LogP contribution in [-0.2, 0) is 14.3 Å². The van der Waals surface area contributed by atoms with Gasteiger partial charge in [0.05, 0.1) is 26.9 Å². The van der Waals surface area contributed by atoms with Crippen LogP contribution < -0.4 is 10.1 Å². The van der Waals surface area contributed by atoms with Crippen LogP contribution in [0.4, 0.5) is 5.69 Å². The monoisotopic (exact) mass is 397 g/mol. The number of ether oxygens (including phenoxy) is 2. The summed E-state index contributed by atoms with van der Waals surface area (Å²) in [6.07, 6.45) is 0. The summed E-state index contributed by atoms with van der Waals surface area (Å²) in [5.74, 6) is 0.521. The second-order valence-corrected chi connectivity index (χ2v) is 6.94. The minimum absolute atomic E-state index is 0.0146. The Morgan fingerprint density at radius 1 is 1.10 bits per heavy atom. The number of carbonyl (C=O) groups excluding carboxylic acids is 2. The van der Waals surface area contributed by atoms with E-state index in [1.54, 1.807) is 48.2 Å². The zero-order valence-corrected chi connectivity index (χ0v) is 16.8. The molecule has 1 aliphatic heterocycles. The fourth-order valence-corrected chi connectivity index (χ4v) is 3.37. The second kappa shape index (κ2) is 10.0. The summed E-state index contributed by atoms with van der Waals surface area (Å²) in [7, 11) is 3.39. The molecule has 2 aromatic carbocycles.